The van der Waals surface area contributed by atoms with Gasteiger partial charge < -0.3 is 19.1 Å². The molecule has 8 heteroatoms. The van der Waals surface area contributed by atoms with Crippen LogP contribution in [0.3, 0.4) is 0 Å². The van der Waals surface area contributed by atoms with Crippen LogP contribution in [0.5, 0.6) is 11.5 Å². The first-order chi connectivity index (χ1) is 15.1. The number of esters is 1. The van der Waals surface area contributed by atoms with Crippen LogP contribution < -0.4 is 14.4 Å². The van der Waals surface area contributed by atoms with Gasteiger partial charge in [-0.3, -0.25) is 0 Å². The molecule has 4 rings (SSSR count). The molecule has 0 amide bonds. The van der Waals surface area contributed by atoms with Crippen molar-refractivity contribution < 1.29 is 19.0 Å². The van der Waals surface area contributed by atoms with Gasteiger partial charge in [-0.2, -0.15) is 22.7 Å². The number of para-hydroxylation sites is 1. The van der Waals surface area contributed by atoms with Crippen molar-refractivity contribution in [2.75, 3.05) is 44.1 Å². The number of hydrogen-bond acceptors (Lipinski definition) is 8. The van der Waals surface area contributed by atoms with Gasteiger partial charge in [0, 0.05) is 12.3 Å². The van der Waals surface area contributed by atoms with Crippen molar-refractivity contribution in [2.45, 2.75) is 11.7 Å². The van der Waals surface area contributed by atoms with Crippen LogP contribution in [0.2, 0.25) is 0 Å². The zero-order chi connectivity index (χ0) is 21.7. The SMILES string of the molecule is COC(=O)COc1cccc2c1OCCN2CCSC(C)(c1ccsc1)c1ccsc1. The molecule has 0 radical (unpaired) electrons. The summed E-state index contributed by atoms with van der Waals surface area (Å²) < 4.78 is 16.1. The van der Waals surface area contributed by atoms with Gasteiger partial charge in [0.25, 0.3) is 0 Å². The summed E-state index contributed by atoms with van der Waals surface area (Å²) in [5.74, 6) is 1.82. The van der Waals surface area contributed by atoms with Gasteiger partial charge in [-0.1, -0.05) is 6.07 Å². The van der Waals surface area contributed by atoms with Gasteiger partial charge in [0.1, 0.15) is 6.61 Å². The number of anilines is 1. The molecule has 1 aliphatic heterocycles. The summed E-state index contributed by atoms with van der Waals surface area (Å²) in [4.78, 5) is 13.8. The van der Waals surface area contributed by atoms with Crippen molar-refractivity contribution >= 4 is 46.1 Å². The number of benzene rings is 1. The molecule has 3 heterocycles. The second kappa shape index (κ2) is 9.97. The molecule has 0 N–H and O–H groups in total. The fourth-order valence-electron chi connectivity index (χ4n) is 3.58. The fraction of sp³-hybridized carbons (Fsp3) is 0.348. The Labute approximate surface area is 194 Å². The Bertz CT molecular complexity index is 954. The lowest BCUT2D eigenvalue weighted by Gasteiger charge is -2.34. The normalized spacial score (nSPS) is 13.4. The molecule has 0 spiro atoms. The number of ether oxygens (including phenoxy) is 3. The summed E-state index contributed by atoms with van der Waals surface area (Å²) in [6, 6.07) is 10.3. The molecule has 1 aliphatic rings. The highest BCUT2D eigenvalue weighted by molar-refractivity contribution is 8.00. The van der Waals surface area contributed by atoms with Gasteiger partial charge in [-0.25, -0.2) is 4.79 Å². The standard InChI is InChI=1S/C23H25NO4S3/c1-23(17-6-11-29-15-17,18-7-12-30-16-18)31-13-9-24-8-10-27-22-19(24)4-3-5-20(22)28-14-21(25)26-2/h3-7,11-12,15-16H,8-10,13-14H2,1-2H3. The van der Waals surface area contributed by atoms with E-state index in [0.29, 0.717) is 18.1 Å². The van der Waals surface area contributed by atoms with E-state index in [9.17, 15) is 4.79 Å². The van der Waals surface area contributed by atoms with E-state index in [-0.39, 0.29) is 11.4 Å². The monoisotopic (exact) mass is 475 g/mol. The molecule has 3 aromatic rings. The number of carbonyl (C=O) groups excluding carboxylic acids is 1. The van der Waals surface area contributed by atoms with E-state index < -0.39 is 5.97 Å². The topological polar surface area (TPSA) is 48.0 Å². The van der Waals surface area contributed by atoms with Crippen molar-refractivity contribution in [3.63, 3.8) is 0 Å². The predicted molar refractivity (Wildman–Crippen MR) is 129 cm³/mol. The molecule has 164 valence electrons. The highest BCUT2D eigenvalue weighted by Gasteiger charge is 2.31. The van der Waals surface area contributed by atoms with Crippen molar-refractivity contribution in [1.82, 2.24) is 0 Å². The Morgan fingerprint density at radius 1 is 1.19 bits per heavy atom. The number of fused-ring (bicyclic) bond motifs is 1. The van der Waals surface area contributed by atoms with Crippen LogP contribution in [-0.4, -0.2) is 45.1 Å². The average molecular weight is 476 g/mol. The molecular formula is C23H25NO4S3. The summed E-state index contributed by atoms with van der Waals surface area (Å²) in [7, 11) is 1.35. The minimum Gasteiger partial charge on any atom is -0.486 e. The summed E-state index contributed by atoms with van der Waals surface area (Å²) in [6.45, 7) is 4.48. The molecular weight excluding hydrogens is 450 g/mol. The van der Waals surface area contributed by atoms with E-state index in [0.717, 1.165) is 24.5 Å². The van der Waals surface area contributed by atoms with Crippen LogP contribution in [-0.2, 0) is 14.3 Å². The van der Waals surface area contributed by atoms with E-state index in [1.165, 1.54) is 18.2 Å². The number of nitrogens with zero attached hydrogens (tertiary/aromatic N) is 1. The van der Waals surface area contributed by atoms with Crippen LogP contribution in [0, 0.1) is 0 Å². The molecule has 0 atom stereocenters. The average Bonchev–Trinajstić information content (AvgIpc) is 3.52. The molecule has 31 heavy (non-hydrogen) atoms. The second-order valence-corrected chi connectivity index (χ2v) is 10.3. The lowest BCUT2D eigenvalue weighted by atomic mass is 9.97. The minimum atomic E-state index is -0.414. The lowest BCUT2D eigenvalue weighted by Crippen LogP contribution is -2.35. The highest BCUT2D eigenvalue weighted by Crippen LogP contribution is 2.45. The van der Waals surface area contributed by atoms with Crippen molar-refractivity contribution in [3.8, 4) is 11.5 Å². The fourth-order valence-corrected chi connectivity index (χ4v) is 6.57. The number of hydrogen-bond donors (Lipinski definition) is 0. The third-order valence-electron chi connectivity index (χ3n) is 5.38. The van der Waals surface area contributed by atoms with Crippen LogP contribution in [0.25, 0.3) is 0 Å². The maximum Gasteiger partial charge on any atom is 0.343 e. The largest absolute Gasteiger partial charge is 0.486 e. The van der Waals surface area contributed by atoms with Gasteiger partial charge in [-0.15, -0.1) is 11.8 Å². The zero-order valence-corrected chi connectivity index (χ0v) is 20.0. The van der Waals surface area contributed by atoms with Gasteiger partial charge >= 0.3 is 5.97 Å². The Morgan fingerprint density at radius 2 is 1.94 bits per heavy atom. The number of thiophene rings is 2. The van der Waals surface area contributed by atoms with Gasteiger partial charge in [0.2, 0.25) is 0 Å². The first-order valence-electron chi connectivity index (χ1n) is 10.0. The van der Waals surface area contributed by atoms with Gasteiger partial charge in [0.15, 0.2) is 18.1 Å². The zero-order valence-electron chi connectivity index (χ0n) is 17.5. The van der Waals surface area contributed by atoms with E-state index in [1.54, 1.807) is 22.7 Å². The smallest absolute Gasteiger partial charge is 0.343 e. The van der Waals surface area contributed by atoms with Crippen LogP contribution in [0.1, 0.15) is 18.1 Å². The van der Waals surface area contributed by atoms with Crippen LogP contribution in [0.4, 0.5) is 5.69 Å². The van der Waals surface area contributed by atoms with Crippen molar-refractivity contribution in [1.29, 1.82) is 0 Å². The summed E-state index contributed by atoms with van der Waals surface area (Å²) >= 11 is 5.45. The molecule has 0 saturated carbocycles. The summed E-state index contributed by atoms with van der Waals surface area (Å²) in [5.41, 5.74) is 3.70. The van der Waals surface area contributed by atoms with Crippen molar-refractivity contribution in [2.24, 2.45) is 0 Å². The third-order valence-corrected chi connectivity index (χ3v) is 8.18. The van der Waals surface area contributed by atoms with Crippen LogP contribution in [0.15, 0.2) is 51.9 Å². The number of methoxy groups -OCH3 is 1. The summed E-state index contributed by atoms with van der Waals surface area (Å²) in [5, 5.41) is 8.79. The van der Waals surface area contributed by atoms with Gasteiger partial charge in [-0.05, 0) is 63.8 Å². The minimum absolute atomic E-state index is 0.0689. The van der Waals surface area contributed by atoms with Crippen LogP contribution >= 0.6 is 34.4 Å². The Morgan fingerprint density at radius 3 is 2.58 bits per heavy atom. The number of rotatable bonds is 9. The maximum absolute atomic E-state index is 11.4. The predicted octanol–water partition coefficient (Wildman–Crippen LogP) is 5.26. The third kappa shape index (κ3) is 4.86. The molecule has 0 aliphatic carbocycles. The highest BCUT2D eigenvalue weighted by atomic mass is 32.2. The molecule has 0 fully saturated rings. The molecule has 1 aromatic carbocycles. The first-order valence-corrected chi connectivity index (χ1v) is 12.9. The maximum atomic E-state index is 11.4. The van der Waals surface area contributed by atoms with E-state index in [2.05, 4.69) is 50.2 Å². The number of thioether (sulfide) groups is 1. The first kappa shape index (κ1) is 22.0. The molecule has 5 nitrogen and oxygen atoms in total. The Kier molecular flexibility index (Phi) is 7.09. The van der Waals surface area contributed by atoms with E-state index >= 15 is 0 Å². The second-order valence-electron chi connectivity index (χ2n) is 7.21. The van der Waals surface area contributed by atoms with Crippen molar-refractivity contribution in [3.05, 3.63) is 63.0 Å². The molecule has 2 aromatic heterocycles. The van der Waals surface area contributed by atoms with E-state index in [4.69, 9.17) is 9.47 Å². The number of carbonyl (C=O) groups is 1. The van der Waals surface area contributed by atoms with Gasteiger partial charge in [0.05, 0.1) is 24.1 Å². The quantitative estimate of drug-likeness (QED) is 0.394. The Balaban J connectivity index is 1.46. The van der Waals surface area contributed by atoms with E-state index in [1.807, 2.05) is 30.0 Å². The lowest BCUT2D eigenvalue weighted by molar-refractivity contribution is -0.142. The Hall–Kier alpha value is -2.16. The summed E-state index contributed by atoms with van der Waals surface area (Å²) in [6.07, 6.45) is 0. The molecule has 0 saturated heterocycles. The molecule has 0 unspecified atom stereocenters. The molecule has 0 bridgehead atoms.